The molecule has 0 aliphatic rings. The van der Waals surface area contributed by atoms with Crippen LogP contribution in [0, 0.1) is 0 Å². The van der Waals surface area contributed by atoms with Gasteiger partial charge in [0.05, 0.1) is 12.8 Å². The molecule has 0 saturated carbocycles. The van der Waals surface area contributed by atoms with E-state index >= 15 is 0 Å². The van der Waals surface area contributed by atoms with E-state index in [0.29, 0.717) is 11.6 Å². The number of hydrogen-bond donors (Lipinski definition) is 1. The number of hydrogen-bond acceptors (Lipinski definition) is 3. The van der Waals surface area contributed by atoms with Gasteiger partial charge in [0.25, 0.3) is 0 Å². The average Bonchev–Trinajstić information content (AvgIpc) is 2.82. The molecular formula is C17H24ClN3O. The first-order chi connectivity index (χ1) is 10.3. The van der Waals surface area contributed by atoms with Crippen molar-refractivity contribution in [3.05, 3.63) is 46.2 Å². The summed E-state index contributed by atoms with van der Waals surface area (Å²) in [5.41, 5.74) is 9.15. The van der Waals surface area contributed by atoms with Crippen LogP contribution in [-0.2, 0) is 12.5 Å². The standard InChI is InChI=1S/C17H24ClN3O/c1-17(2,3)16-9-14(21(4)20-16)13(10-19)12-8-11(18)6-7-15(12)22-5/h6-9,13H,10,19H2,1-5H3. The van der Waals surface area contributed by atoms with Crippen LogP contribution in [0.2, 0.25) is 5.02 Å². The maximum atomic E-state index is 6.16. The quantitative estimate of drug-likeness (QED) is 0.938. The van der Waals surface area contributed by atoms with E-state index in [1.807, 2.05) is 29.9 Å². The maximum Gasteiger partial charge on any atom is 0.122 e. The summed E-state index contributed by atoms with van der Waals surface area (Å²) in [7, 11) is 3.61. The van der Waals surface area contributed by atoms with Crippen LogP contribution in [0.5, 0.6) is 5.75 Å². The minimum atomic E-state index is -0.0118. The molecule has 22 heavy (non-hydrogen) atoms. The number of halogens is 1. The van der Waals surface area contributed by atoms with Crippen LogP contribution < -0.4 is 10.5 Å². The van der Waals surface area contributed by atoms with Crippen LogP contribution in [-0.4, -0.2) is 23.4 Å². The highest BCUT2D eigenvalue weighted by Gasteiger charge is 2.25. The van der Waals surface area contributed by atoms with Crippen molar-refractivity contribution in [2.75, 3.05) is 13.7 Å². The Labute approximate surface area is 137 Å². The fraction of sp³-hybridized carbons (Fsp3) is 0.471. The normalized spacial score (nSPS) is 13.2. The Morgan fingerprint density at radius 2 is 2.00 bits per heavy atom. The van der Waals surface area contributed by atoms with E-state index in [1.54, 1.807) is 7.11 Å². The smallest absolute Gasteiger partial charge is 0.122 e. The van der Waals surface area contributed by atoms with Gasteiger partial charge in [0.2, 0.25) is 0 Å². The monoisotopic (exact) mass is 321 g/mol. The first kappa shape index (κ1) is 16.8. The molecule has 1 atom stereocenters. The molecule has 0 amide bonds. The lowest BCUT2D eigenvalue weighted by Crippen LogP contribution is -2.17. The summed E-state index contributed by atoms with van der Waals surface area (Å²) >= 11 is 6.16. The number of aromatic nitrogens is 2. The lowest BCUT2D eigenvalue weighted by molar-refractivity contribution is 0.407. The lowest BCUT2D eigenvalue weighted by Gasteiger charge is -2.19. The van der Waals surface area contributed by atoms with Crippen LogP contribution in [0.15, 0.2) is 24.3 Å². The number of methoxy groups -OCH3 is 1. The van der Waals surface area contributed by atoms with E-state index in [1.165, 1.54) is 0 Å². The Balaban J connectivity index is 2.54. The van der Waals surface area contributed by atoms with Crippen molar-refractivity contribution in [3.63, 3.8) is 0 Å². The second-order valence-corrected chi connectivity index (χ2v) is 6.94. The number of nitrogens with zero attached hydrogens (tertiary/aromatic N) is 2. The molecule has 4 nitrogen and oxygen atoms in total. The highest BCUT2D eigenvalue weighted by molar-refractivity contribution is 6.30. The minimum absolute atomic E-state index is 0.00637. The van der Waals surface area contributed by atoms with Crippen molar-refractivity contribution in [1.82, 2.24) is 9.78 Å². The number of benzene rings is 1. The van der Waals surface area contributed by atoms with Crippen LogP contribution in [0.25, 0.3) is 0 Å². The van der Waals surface area contributed by atoms with Crippen LogP contribution >= 0.6 is 11.6 Å². The molecule has 1 unspecified atom stereocenters. The van der Waals surface area contributed by atoms with Gasteiger partial charge in [0.15, 0.2) is 0 Å². The zero-order valence-electron chi connectivity index (χ0n) is 13.9. The maximum absolute atomic E-state index is 6.16. The van der Waals surface area contributed by atoms with E-state index in [9.17, 15) is 0 Å². The molecule has 1 heterocycles. The van der Waals surface area contributed by atoms with Crippen molar-refractivity contribution in [2.45, 2.75) is 32.1 Å². The van der Waals surface area contributed by atoms with Crippen molar-refractivity contribution in [1.29, 1.82) is 0 Å². The molecule has 5 heteroatoms. The summed E-state index contributed by atoms with van der Waals surface area (Å²) in [6, 6.07) is 7.74. The van der Waals surface area contributed by atoms with Gasteiger partial charge in [-0.05, 0) is 24.3 Å². The molecule has 0 fully saturated rings. The van der Waals surface area contributed by atoms with Gasteiger partial charge in [0.1, 0.15) is 5.75 Å². The largest absolute Gasteiger partial charge is 0.496 e. The fourth-order valence-corrected chi connectivity index (χ4v) is 2.74. The highest BCUT2D eigenvalue weighted by Crippen LogP contribution is 2.34. The van der Waals surface area contributed by atoms with Crippen LogP contribution in [0.4, 0.5) is 0 Å². The number of nitrogens with two attached hydrogens (primary N) is 1. The zero-order chi connectivity index (χ0) is 16.5. The van der Waals surface area contributed by atoms with Gasteiger partial charge < -0.3 is 10.5 Å². The molecule has 2 rings (SSSR count). The third-order valence-electron chi connectivity index (χ3n) is 3.84. The summed E-state index contributed by atoms with van der Waals surface area (Å²) in [5, 5.41) is 5.32. The van der Waals surface area contributed by atoms with Gasteiger partial charge in [-0.3, -0.25) is 4.68 Å². The van der Waals surface area contributed by atoms with E-state index in [2.05, 4.69) is 31.9 Å². The molecule has 0 aliphatic carbocycles. The van der Waals surface area contributed by atoms with Gasteiger partial charge >= 0.3 is 0 Å². The van der Waals surface area contributed by atoms with Gasteiger partial charge in [-0.1, -0.05) is 32.4 Å². The molecule has 0 spiro atoms. The van der Waals surface area contributed by atoms with Gasteiger partial charge in [-0.25, -0.2) is 0 Å². The van der Waals surface area contributed by atoms with Crippen molar-refractivity contribution < 1.29 is 4.74 Å². The molecule has 1 aromatic heterocycles. The predicted octanol–water partition coefficient (Wildman–Crippen LogP) is 3.47. The van der Waals surface area contributed by atoms with E-state index < -0.39 is 0 Å². The first-order valence-corrected chi connectivity index (χ1v) is 7.73. The number of aryl methyl sites for hydroxylation is 1. The first-order valence-electron chi connectivity index (χ1n) is 7.36. The van der Waals surface area contributed by atoms with Gasteiger partial charge in [-0.15, -0.1) is 0 Å². The topological polar surface area (TPSA) is 53.1 Å². The lowest BCUT2D eigenvalue weighted by atomic mass is 9.89. The number of ether oxygens (including phenoxy) is 1. The number of rotatable bonds is 4. The molecule has 0 bridgehead atoms. The molecule has 0 aliphatic heterocycles. The molecular weight excluding hydrogens is 298 g/mol. The molecule has 2 N–H and O–H groups in total. The summed E-state index contributed by atoms with van der Waals surface area (Å²) in [4.78, 5) is 0. The van der Waals surface area contributed by atoms with E-state index in [4.69, 9.17) is 22.1 Å². The zero-order valence-corrected chi connectivity index (χ0v) is 14.6. The second kappa shape index (κ2) is 6.31. The molecule has 2 aromatic rings. The molecule has 1 aromatic carbocycles. The van der Waals surface area contributed by atoms with Crippen LogP contribution in [0.3, 0.4) is 0 Å². The van der Waals surface area contributed by atoms with Gasteiger partial charge in [0, 0.05) is 41.2 Å². The summed E-state index contributed by atoms with van der Waals surface area (Å²) in [6.45, 7) is 6.91. The third-order valence-corrected chi connectivity index (χ3v) is 4.08. The Hall–Kier alpha value is -1.52. The van der Waals surface area contributed by atoms with Gasteiger partial charge in [-0.2, -0.15) is 5.10 Å². The predicted molar refractivity (Wildman–Crippen MR) is 90.8 cm³/mol. The molecule has 0 radical (unpaired) electrons. The van der Waals surface area contributed by atoms with Crippen molar-refractivity contribution >= 4 is 11.6 Å². The SMILES string of the molecule is COc1ccc(Cl)cc1C(CN)c1cc(C(C)(C)C)nn1C. The van der Waals surface area contributed by atoms with E-state index in [0.717, 1.165) is 22.7 Å². The minimum Gasteiger partial charge on any atom is -0.496 e. The Morgan fingerprint density at radius 1 is 1.32 bits per heavy atom. The van der Waals surface area contributed by atoms with Crippen molar-refractivity contribution in [2.24, 2.45) is 12.8 Å². The van der Waals surface area contributed by atoms with Crippen molar-refractivity contribution in [3.8, 4) is 5.75 Å². The second-order valence-electron chi connectivity index (χ2n) is 6.50. The summed E-state index contributed by atoms with van der Waals surface area (Å²) in [6.07, 6.45) is 0. The molecule has 0 saturated heterocycles. The Bertz CT molecular complexity index is 658. The molecule has 120 valence electrons. The average molecular weight is 322 g/mol. The summed E-state index contributed by atoms with van der Waals surface area (Å²) in [5.74, 6) is 0.778. The Kier molecular flexibility index (Phi) is 4.83. The van der Waals surface area contributed by atoms with E-state index in [-0.39, 0.29) is 11.3 Å². The highest BCUT2D eigenvalue weighted by atomic mass is 35.5. The Morgan fingerprint density at radius 3 is 2.50 bits per heavy atom. The third kappa shape index (κ3) is 3.28. The summed E-state index contributed by atoms with van der Waals surface area (Å²) < 4.78 is 7.38. The fourth-order valence-electron chi connectivity index (χ4n) is 2.56. The van der Waals surface area contributed by atoms with Crippen LogP contribution in [0.1, 0.15) is 43.6 Å².